The molecule has 33 heavy (non-hydrogen) atoms. The summed E-state index contributed by atoms with van der Waals surface area (Å²) >= 11 is 0. The maximum absolute atomic E-state index is 6.38. The number of fused-ring (bicyclic) bond motifs is 6. The van der Waals surface area contributed by atoms with E-state index in [2.05, 4.69) is 121 Å². The molecule has 0 amide bonds. The molecule has 0 aliphatic rings. The molecule has 2 heteroatoms. The number of para-hydroxylation sites is 4. The predicted molar refractivity (Wildman–Crippen MR) is 138 cm³/mol. The third-order valence-electron chi connectivity index (χ3n) is 6.74. The van der Waals surface area contributed by atoms with Gasteiger partial charge in [-0.2, -0.15) is 0 Å². The zero-order valence-electron chi connectivity index (χ0n) is 18.2. The second-order valence-electron chi connectivity index (χ2n) is 8.65. The van der Waals surface area contributed by atoms with E-state index in [0.717, 1.165) is 38.9 Å². The Labute approximate surface area is 191 Å². The monoisotopic (exact) mass is 423 g/mol. The first-order chi connectivity index (χ1) is 16.3. The minimum atomic E-state index is 0.950. The first kappa shape index (κ1) is 18.3. The van der Waals surface area contributed by atoms with E-state index in [1.165, 1.54) is 27.2 Å². The number of hydrogen-bond acceptors (Lipinski definition) is 1. The van der Waals surface area contributed by atoms with E-state index in [9.17, 15) is 0 Å². The molecule has 0 radical (unpaired) electrons. The maximum Gasteiger partial charge on any atom is 0.143 e. The minimum absolute atomic E-state index is 0.950. The van der Waals surface area contributed by atoms with Crippen molar-refractivity contribution in [3.8, 4) is 16.8 Å². The number of nitrogens with zero attached hydrogens (tertiary/aromatic N) is 1. The van der Waals surface area contributed by atoms with Gasteiger partial charge in [0.25, 0.3) is 0 Å². The minimum Gasteiger partial charge on any atom is -0.455 e. The molecule has 156 valence electrons. The summed E-state index contributed by atoms with van der Waals surface area (Å²) in [6.45, 7) is 2.10. The molecule has 5 aromatic carbocycles. The van der Waals surface area contributed by atoms with Gasteiger partial charge in [0.2, 0.25) is 0 Å². The van der Waals surface area contributed by atoms with Crippen LogP contribution in [0.2, 0.25) is 0 Å². The van der Waals surface area contributed by atoms with Crippen LogP contribution in [0.1, 0.15) is 5.56 Å². The second-order valence-corrected chi connectivity index (χ2v) is 8.65. The first-order valence-electron chi connectivity index (χ1n) is 11.3. The van der Waals surface area contributed by atoms with Crippen LogP contribution in [0.3, 0.4) is 0 Å². The van der Waals surface area contributed by atoms with Crippen molar-refractivity contribution in [2.24, 2.45) is 0 Å². The van der Waals surface area contributed by atoms with Gasteiger partial charge in [0.05, 0.1) is 11.0 Å². The molecule has 0 bridgehead atoms. The van der Waals surface area contributed by atoms with Crippen molar-refractivity contribution in [1.29, 1.82) is 0 Å². The van der Waals surface area contributed by atoms with Gasteiger partial charge in [-0.1, -0.05) is 84.9 Å². The molecule has 0 aliphatic heterocycles. The number of hydrogen-bond donors (Lipinski definition) is 0. The Morgan fingerprint density at radius 2 is 1.09 bits per heavy atom. The van der Waals surface area contributed by atoms with Crippen LogP contribution in [0.15, 0.2) is 114 Å². The Morgan fingerprint density at radius 3 is 1.79 bits per heavy atom. The highest BCUT2D eigenvalue weighted by atomic mass is 16.3. The fourth-order valence-electron chi connectivity index (χ4n) is 5.18. The van der Waals surface area contributed by atoms with Gasteiger partial charge in [0.15, 0.2) is 0 Å². The molecule has 0 saturated carbocycles. The molecule has 2 heterocycles. The Balaban J connectivity index is 1.42. The van der Waals surface area contributed by atoms with E-state index in [0.29, 0.717) is 0 Å². The number of aromatic nitrogens is 1. The summed E-state index contributed by atoms with van der Waals surface area (Å²) in [7, 11) is 0. The molecule has 7 aromatic rings. The van der Waals surface area contributed by atoms with Crippen LogP contribution in [-0.4, -0.2) is 4.57 Å². The summed E-state index contributed by atoms with van der Waals surface area (Å²) in [6, 6.07) is 38.8. The van der Waals surface area contributed by atoms with Crippen LogP contribution < -0.4 is 0 Å². The quantitative estimate of drug-likeness (QED) is 0.272. The smallest absolute Gasteiger partial charge is 0.143 e. The van der Waals surface area contributed by atoms with Crippen LogP contribution in [0.25, 0.3) is 60.6 Å². The van der Waals surface area contributed by atoms with Crippen LogP contribution in [0, 0.1) is 6.92 Å². The summed E-state index contributed by atoms with van der Waals surface area (Å²) in [6.07, 6.45) is 0. The lowest BCUT2D eigenvalue weighted by Crippen LogP contribution is -1.93. The largest absolute Gasteiger partial charge is 0.455 e. The lowest BCUT2D eigenvalue weighted by atomic mass is 10.0. The van der Waals surface area contributed by atoms with Crippen molar-refractivity contribution in [3.05, 3.63) is 115 Å². The molecular weight excluding hydrogens is 402 g/mol. The zero-order chi connectivity index (χ0) is 21.9. The van der Waals surface area contributed by atoms with Crippen LogP contribution in [-0.2, 0) is 0 Å². The summed E-state index contributed by atoms with van der Waals surface area (Å²) in [4.78, 5) is 0. The van der Waals surface area contributed by atoms with Gasteiger partial charge in [-0.05, 0) is 42.3 Å². The van der Waals surface area contributed by atoms with Crippen molar-refractivity contribution in [3.63, 3.8) is 0 Å². The fraction of sp³-hybridized carbons (Fsp3) is 0.0323. The average Bonchev–Trinajstić information content (AvgIpc) is 3.41. The van der Waals surface area contributed by atoms with Crippen LogP contribution in [0.4, 0.5) is 0 Å². The summed E-state index contributed by atoms with van der Waals surface area (Å²) in [5, 5.41) is 4.89. The van der Waals surface area contributed by atoms with E-state index >= 15 is 0 Å². The predicted octanol–water partition coefficient (Wildman–Crippen LogP) is 8.66. The first-order valence-corrected chi connectivity index (χ1v) is 11.3. The van der Waals surface area contributed by atoms with E-state index in [1.54, 1.807) is 0 Å². The Morgan fingerprint density at radius 1 is 0.515 bits per heavy atom. The molecule has 0 spiro atoms. The molecule has 0 N–H and O–H groups in total. The standard InChI is InChI=1S/C31H21NO/c1-20-8-6-12-26-27-13-7-11-23(31(27)33-30(20)26)21-16-18-22(19-17-21)32-28-14-4-2-9-24(28)25-10-3-5-15-29(25)32/h2-19H,1H3. The Bertz CT molecular complexity index is 1760. The number of benzene rings is 5. The van der Waals surface area contributed by atoms with E-state index in [4.69, 9.17) is 4.42 Å². The van der Waals surface area contributed by atoms with Crippen LogP contribution in [0.5, 0.6) is 0 Å². The van der Waals surface area contributed by atoms with Gasteiger partial charge in [0.1, 0.15) is 11.2 Å². The topological polar surface area (TPSA) is 18.1 Å². The van der Waals surface area contributed by atoms with E-state index < -0.39 is 0 Å². The number of aryl methyl sites for hydroxylation is 1. The lowest BCUT2D eigenvalue weighted by molar-refractivity contribution is 0.667. The van der Waals surface area contributed by atoms with Gasteiger partial charge < -0.3 is 8.98 Å². The third kappa shape index (κ3) is 2.61. The molecular formula is C31H21NO. The number of rotatable bonds is 2. The molecule has 0 aliphatic carbocycles. The molecule has 7 rings (SSSR count). The molecule has 0 unspecified atom stereocenters. The SMILES string of the molecule is Cc1cccc2c1oc1c(-c3ccc(-n4c5ccccc5c5ccccc54)cc3)cccc12. The van der Waals surface area contributed by atoms with Gasteiger partial charge in [-0.15, -0.1) is 0 Å². The second kappa shape index (κ2) is 6.85. The van der Waals surface area contributed by atoms with Crippen molar-refractivity contribution < 1.29 is 4.42 Å². The van der Waals surface area contributed by atoms with Crippen molar-refractivity contribution in [2.75, 3.05) is 0 Å². The van der Waals surface area contributed by atoms with Gasteiger partial charge in [0, 0.05) is 32.8 Å². The third-order valence-corrected chi connectivity index (χ3v) is 6.74. The van der Waals surface area contributed by atoms with E-state index in [-0.39, 0.29) is 0 Å². The maximum atomic E-state index is 6.38. The Hall–Kier alpha value is -4.30. The van der Waals surface area contributed by atoms with Gasteiger partial charge >= 0.3 is 0 Å². The fourth-order valence-corrected chi connectivity index (χ4v) is 5.18. The van der Waals surface area contributed by atoms with E-state index in [1.807, 2.05) is 0 Å². The summed E-state index contributed by atoms with van der Waals surface area (Å²) < 4.78 is 8.73. The lowest BCUT2D eigenvalue weighted by Gasteiger charge is -2.09. The van der Waals surface area contributed by atoms with Crippen molar-refractivity contribution in [1.82, 2.24) is 4.57 Å². The van der Waals surface area contributed by atoms with Gasteiger partial charge in [-0.3, -0.25) is 0 Å². The average molecular weight is 424 g/mol. The Kier molecular flexibility index (Phi) is 3.80. The van der Waals surface area contributed by atoms with Crippen molar-refractivity contribution >= 4 is 43.7 Å². The highest BCUT2D eigenvalue weighted by molar-refractivity contribution is 6.11. The highest BCUT2D eigenvalue weighted by Crippen LogP contribution is 2.38. The zero-order valence-corrected chi connectivity index (χ0v) is 18.2. The normalized spacial score (nSPS) is 11.8. The molecule has 2 aromatic heterocycles. The molecule has 0 atom stereocenters. The van der Waals surface area contributed by atoms with Crippen LogP contribution >= 0.6 is 0 Å². The molecule has 0 fully saturated rings. The molecule has 2 nitrogen and oxygen atoms in total. The number of furan rings is 1. The summed E-state index contributed by atoms with van der Waals surface area (Å²) in [5.41, 5.74) is 8.97. The van der Waals surface area contributed by atoms with Gasteiger partial charge in [-0.25, -0.2) is 0 Å². The molecule has 0 saturated heterocycles. The highest BCUT2D eigenvalue weighted by Gasteiger charge is 2.14. The van der Waals surface area contributed by atoms with Crippen molar-refractivity contribution in [2.45, 2.75) is 6.92 Å². The summed E-state index contributed by atoms with van der Waals surface area (Å²) in [5.74, 6) is 0.